The van der Waals surface area contributed by atoms with E-state index in [9.17, 15) is 9.18 Å². The summed E-state index contributed by atoms with van der Waals surface area (Å²) >= 11 is 1.14. The summed E-state index contributed by atoms with van der Waals surface area (Å²) in [6.07, 6.45) is 4.18. The van der Waals surface area contributed by atoms with Crippen LogP contribution in [0.3, 0.4) is 0 Å². The van der Waals surface area contributed by atoms with E-state index < -0.39 is 41.4 Å². The summed E-state index contributed by atoms with van der Waals surface area (Å²) in [6.45, 7) is 0.332. The maximum absolute atomic E-state index is 15.7. The number of halogens is 5. The van der Waals surface area contributed by atoms with Gasteiger partial charge in [0.2, 0.25) is 5.82 Å². The van der Waals surface area contributed by atoms with Gasteiger partial charge in [0, 0.05) is 29.8 Å². The summed E-state index contributed by atoms with van der Waals surface area (Å²) in [5.41, 5.74) is -1.64. The first kappa shape index (κ1) is 29.5. The minimum absolute atomic E-state index is 0.0175. The number of alkyl halides is 2. The highest BCUT2D eigenvalue weighted by atomic mass is 32.2. The molecule has 6 rings (SSSR count). The number of thioether (sulfide) groups is 1. The van der Waals surface area contributed by atoms with Gasteiger partial charge in [-0.3, -0.25) is 4.79 Å². The molecule has 0 spiro atoms. The van der Waals surface area contributed by atoms with Crippen molar-refractivity contribution in [3.63, 3.8) is 0 Å². The number of aromatic nitrogens is 3. The van der Waals surface area contributed by atoms with Crippen molar-refractivity contribution in [2.24, 2.45) is 0 Å². The number of aryl methyl sites for hydroxylation is 1. The fourth-order valence-electron chi connectivity index (χ4n) is 5.48. The van der Waals surface area contributed by atoms with Gasteiger partial charge < -0.3 is 24.5 Å². The van der Waals surface area contributed by atoms with Gasteiger partial charge in [-0.2, -0.15) is 4.39 Å². The van der Waals surface area contributed by atoms with Gasteiger partial charge in [-0.05, 0) is 49.4 Å². The number of nitrogens with one attached hydrogen (secondary N) is 2. The Balaban J connectivity index is 1.39. The third kappa shape index (κ3) is 4.66. The van der Waals surface area contributed by atoms with Crippen LogP contribution in [0.1, 0.15) is 30.2 Å². The number of carbonyl (C=O) groups is 1. The standard InChI is InChI=1S/C31H24F5N3O4S/c1-30(19-5-3-4-15(6-9-22(40)41)26(19)42-14-31(30,35)36)21-13-38-29(39-21)18-12-16(7-8-20(18)32)43-27-24(34)23(33)25-17(10-11-37-25)28(27)44-2/h3-5,7-8,10-13,37H,6,9,14H2,1-2H3,(H,38,39)(H,40,41)/t30-/m1/s1. The number of ether oxygens (including phenoxy) is 2. The fraction of sp³-hybridized carbons (Fsp3) is 0.226. The normalized spacial score (nSPS) is 17.3. The Kier molecular flexibility index (Phi) is 7.31. The second kappa shape index (κ2) is 10.9. The van der Waals surface area contributed by atoms with Crippen LogP contribution in [0.2, 0.25) is 0 Å². The summed E-state index contributed by atoms with van der Waals surface area (Å²) < 4.78 is 87.4. The van der Waals surface area contributed by atoms with Crippen molar-refractivity contribution in [2.75, 3.05) is 12.9 Å². The van der Waals surface area contributed by atoms with E-state index in [1.807, 2.05) is 0 Å². The van der Waals surface area contributed by atoms with Crippen LogP contribution in [0.25, 0.3) is 22.3 Å². The number of carboxylic acid groups (broad SMARTS) is 1. The molecule has 0 saturated carbocycles. The van der Waals surface area contributed by atoms with Crippen LogP contribution in [0.5, 0.6) is 17.2 Å². The van der Waals surface area contributed by atoms with E-state index in [0.29, 0.717) is 15.8 Å². The van der Waals surface area contributed by atoms with E-state index in [1.54, 1.807) is 24.5 Å². The zero-order valence-electron chi connectivity index (χ0n) is 23.2. The molecule has 1 atom stereocenters. The van der Waals surface area contributed by atoms with E-state index in [-0.39, 0.29) is 58.3 Å². The molecule has 0 fully saturated rings. The Bertz CT molecular complexity index is 1920. The maximum Gasteiger partial charge on any atom is 0.303 e. The van der Waals surface area contributed by atoms with Crippen LogP contribution in [-0.2, 0) is 16.6 Å². The minimum Gasteiger partial charge on any atom is -0.487 e. The Morgan fingerprint density at radius 1 is 1.16 bits per heavy atom. The highest BCUT2D eigenvalue weighted by molar-refractivity contribution is 7.99. The molecule has 7 nitrogen and oxygen atoms in total. The topological polar surface area (TPSA) is 100 Å². The number of H-pyrrole nitrogens is 2. The molecule has 0 amide bonds. The fourth-order valence-corrected chi connectivity index (χ4v) is 6.19. The quantitative estimate of drug-likeness (QED) is 0.120. The van der Waals surface area contributed by atoms with E-state index in [4.69, 9.17) is 14.6 Å². The summed E-state index contributed by atoms with van der Waals surface area (Å²) in [5.74, 6) is -7.98. The number of carboxylic acids is 1. The first-order chi connectivity index (χ1) is 21.0. The van der Waals surface area contributed by atoms with E-state index in [2.05, 4.69) is 15.0 Å². The van der Waals surface area contributed by atoms with Gasteiger partial charge >= 0.3 is 5.97 Å². The van der Waals surface area contributed by atoms with Crippen LogP contribution >= 0.6 is 11.8 Å². The third-order valence-electron chi connectivity index (χ3n) is 7.91. The zero-order chi connectivity index (χ0) is 31.4. The summed E-state index contributed by atoms with van der Waals surface area (Å²) in [4.78, 5) is 21.1. The molecule has 0 bridgehead atoms. The van der Waals surface area contributed by atoms with E-state index in [0.717, 1.165) is 17.8 Å². The average molecular weight is 630 g/mol. The number of aromatic amines is 2. The summed E-state index contributed by atoms with van der Waals surface area (Å²) in [5, 5.41) is 9.52. The predicted molar refractivity (Wildman–Crippen MR) is 153 cm³/mol. The lowest BCUT2D eigenvalue weighted by atomic mass is 9.72. The number of aliphatic carboxylic acids is 1. The molecule has 3 heterocycles. The molecule has 3 N–H and O–H groups in total. The van der Waals surface area contributed by atoms with Crippen molar-refractivity contribution in [2.45, 2.75) is 36.0 Å². The predicted octanol–water partition coefficient (Wildman–Crippen LogP) is 7.84. The van der Waals surface area contributed by atoms with Crippen molar-refractivity contribution < 1.29 is 41.3 Å². The molecule has 2 aromatic heterocycles. The molecule has 1 aliphatic rings. The molecular weight excluding hydrogens is 605 g/mol. The van der Waals surface area contributed by atoms with Gasteiger partial charge in [-0.15, -0.1) is 11.8 Å². The number of fused-ring (bicyclic) bond motifs is 2. The van der Waals surface area contributed by atoms with Crippen molar-refractivity contribution in [1.29, 1.82) is 0 Å². The van der Waals surface area contributed by atoms with E-state index >= 15 is 17.6 Å². The van der Waals surface area contributed by atoms with Crippen LogP contribution in [0, 0.1) is 17.5 Å². The van der Waals surface area contributed by atoms with Gasteiger partial charge in [0.1, 0.15) is 28.6 Å². The molecule has 0 unspecified atom stereocenters. The Morgan fingerprint density at radius 3 is 2.70 bits per heavy atom. The number of para-hydroxylation sites is 1. The van der Waals surface area contributed by atoms with Crippen molar-refractivity contribution in [1.82, 2.24) is 15.0 Å². The lowest BCUT2D eigenvalue weighted by Crippen LogP contribution is -2.51. The zero-order valence-corrected chi connectivity index (χ0v) is 24.1. The summed E-state index contributed by atoms with van der Waals surface area (Å²) in [7, 11) is 0. The number of benzene rings is 3. The van der Waals surface area contributed by atoms with Gasteiger partial charge in [0.05, 0.1) is 21.7 Å². The van der Waals surface area contributed by atoms with E-state index in [1.165, 1.54) is 37.5 Å². The number of hydrogen-bond donors (Lipinski definition) is 3. The number of rotatable bonds is 8. The second-order valence-electron chi connectivity index (χ2n) is 10.5. The van der Waals surface area contributed by atoms with Crippen molar-refractivity contribution in [3.05, 3.63) is 89.1 Å². The molecule has 1 aliphatic heterocycles. The molecule has 0 aliphatic carbocycles. The monoisotopic (exact) mass is 629 g/mol. The largest absolute Gasteiger partial charge is 0.487 e. The maximum atomic E-state index is 15.7. The minimum atomic E-state index is -3.44. The Labute approximate surface area is 251 Å². The smallest absolute Gasteiger partial charge is 0.303 e. The first-order valence-corrected chi connectivity index (χ1v) is 14.6. The van der Waals surface area contributed by atoms with Crippen molar-refractivity contribution in [3.8, 4) is 28.6 Å². The average Bonchev–Trinajstić information content (AvgIpc) is 3.69. The SMILES string of the molecule is CSc1c(Oc2ccc(F)c(-c3ncc([C@@]4(C)c5cccc(CCC(=O)O)c5OCC4(F)F)[nH]3)c2)c(F)c(F)c2[nH]ccc12. The molecule has 228 valence electrons. The molecule has 13 heteroatoms. The third-order valence-corrected chi connectivity index (χ3v) is 8.73. The number of hydrogen-bond acceptors (Lipinski definition) is 5. The summed E-state index contributed by atoms with van der Waals surface area (Å²) in [6, 6.07) is 9.71. The first-order valence-electron chi connectivity index (χ1n) is 13.4. The molecule has 0 radical (unpaired) electrons. The van der Waals surface area contributed by atoms with Gasteiger partial charge in [-0.1, -0.05) is 18.2 Å². The molecular formula is C31H24F5N3O4S. The molecule has 0 saturated heterocycles. The lowest BCUT2D eigenvalue weighted by molar-refractivity contribution is -0.137. The van der Waals surface area contributed by atoms with Crippen LogP contribution < -0.4 is 9.47 Å². The molecule has 5 aromatic rings. The van der Waals surface area contributed by atoms with Crippen molar-refractivity contribution >= 4 is 28.6 Å². The molecule has 44 heavy (non-hydrogen) atoms. The van der Waals surface area contributed by atoms with Crippen LogP contribution in [-0.4, -0.2) is 44.8 Å². The lowest BCUT2D eigenvalue weighted by Gasteiger charge is -2.42. The van der Waals surface area contributed by atoms with Gasteiger partial charge in [-0.25, -0.2) is 22.5 Å². The van der Waals surface area contributed by atoms with Gasteiger partial charge in [0.15, 0.2) is 18.2 Å². The van der Waals surface area contributed by atoms with Crippen LogP contribution in [0.4, 0.5) is 22.0 Å². The highest BCUT2D eigenvalue weighted by Crippen LogP contribution is 2.52. The van der Waals surface area contributed by atoms with Gasteiger partial charge in [0.25, 0.3) is 5.92 Å². The molecule has 3 aromatic carbocycles. The second-order valence-corrected chi connectivity index (χ2v) is 11.3. The van der Waals surface area contributed by atoms with Crippen LogP contribution in [0.15, 0.2) is 59.8 Å². The Hall–Kier alpha value is -4.52. The number of nitrogens with zero attached hydrogens (tertiary/aromatic N) is 1. The number of imidazole rings is 1. The highest BCUT2D eigenvalue weighted by Gasteiger charge is 2.58. The Morgan fingerprint density at radius 2 is 1.95 bits per heavy atom.